The fraction of sp³-hybridized carbons (Fsp3) is 0.267. The monoisotopic (exact) mass is 257 g/mol. The first-order valence-corrected chi connectivity index (χ1v) is 6.22. The number of ether oxygens (including phenoxy) is 1. The van der Waals surface area contributed by atoms with Crippen LogP contribution in [-0.4, -0.2) is 19.1 Å². The molecule has 0 saturated heterocycles. The summed E-state index contributed by atoms with van der Waals surface area (Å²) in [4.78, 5) is 6.46. The Bertz CT molecular complexity index is 525. The lowest BCUT2D eigenvalue weighted by molar-refractivity contribution is 0.413. The minimum absolute atomic E-state index is 0.568. The van der Waals surface area contributed by atoms with Gasteiger partial charge in [-0.25, -0.2) is 4.98 Å². The number of methoxy groups -OCH3 is 1. The Hall–Kier alpha value is -2.07. The van der Waals surface area contributed by atoms with Gasteiger partial charge in [-0.3, -0.25) is 0 Å². The van der Waals surface area contributed by atoms with E-state index in [0.717, 1.165) is 23.7 Å². The zero-order valence-corrected chi connectivity index (χ0v) is 11.3. The number of benzene rings is 1. The van der Waals surface area contributed by atoms with E-state index in [-0.39, 0.29) is 0 Å². The Labute approximate surface area is 113 Å². The van der Waals surface area contributed by atoms with E-state index in [4.69, 9.17) is 10.5 Å². The summed E-state index contributed by atoms with van der Waals surface area (Å²) in [6.07, 6.45) is 1.72. The van der Waals surface area contributed by atoms with Gasteiger partial charge in [-0.05, 0) is 23.3 Å². The van der Waals surface area contributed by atoms with Gasteiger partial charge in [0.1, 0.15) is 11.6 Å². The summed E-state index contributed by atoms with van der Waals surface area (Å²) in [5, 5.41) is 0. The SMILES string of the molecule is COc1ccc(N(C)Cc2cccc(CN)c2)nc1. The van der Waals surface area contributed by atoms with E-state index < -0.39 is 0 Å². The Morgan fingerprint density at radius 1 is 1.21 bits per heavy atom. The van der Waals surface area contributed by atoms with Crippen LogP contribution in [0.1, 0.15) is 11.1 Å². The summed E-state index contributed by atoms with van der Waals surface area (Å²) in [7, 11) is 3.66. The molecule has 0 radical (unpaired) electrons. The van der Waals surface area contributed by atoms with Crippen molar-refractivity contribution in [1.29, 1.82) is 0 Å². The van der Waals surface area contributed by atoms with Crippen LogP contribution >= 0.6 is 0 Å². The summed E-state index contributed by atoms with van der Waals surface area (Å²) < 4.78 is 5.10. The highest BCUT2D eigenvalue weighted by Crippen LogP contribution is 2.16. The second kappa shape index (κ2) is 6.20. The zero-order chi connectivity index (χ0) is 13.7. The van der Waals surface area contributed by atoms with Crippen LogP contribution in [0.3, 0.4) is 0 Å². The number of nitrogens with zero attached hydrogens (tertiary/aromatic N) is 2. The van der Waals surface area contributed by atoms with Gasteiger partial charge in [-0.1, -0.05) is 24.3 Å². The number of pyridine rings is 1. The van der Waals surface area contributed by atoms with Crippen molar-refractivity contribution in [2.24, 2.45) is 5.73 Å². The molecule has 2 aromatic rings. The third-order valence-corrected chi connectivity index (χ3v) is 2.99. The van der Waals surface area contributed by atoms with E-state index in [1.54, 1.807) is 13.3 Å². The fourth-order valence-electron chi connectivity index (χ4n) is 1.93. The van der Waals surface area contributed by atoms with Gasteiger partial charge in [0.15, 0.2) is 0 Å². The first-order chi connectivity index (χ1) is 9.22. The molecule has 0 atom stereocenters. The highest BCUT2D eigenvalue weighted by molar-refractivity contribution is 5.41. The molecule has 19 heavy (non-hydrogen) atoms. The molecule has 100 valence electrons. The van der Waals surface area contributed by atoms with Gasteiger partial charge >= 0.3 is 0 Å². The average molecular weight is 257 g/mol. The van der Waals surface area contributed by atoms with E-state index in [1.165, 1.54) is 5.56 Å². The first kappa shape index (κ1) is 13.4. The molecule has 2 rings (SSSR count). The molecule has 0 aliphatic rings. The van der Waals surface area contributed by atoms with E-state index in [2.05, 4.69) is 22.0 Å². The topological polar surface area (TPSA) is 51.4 Å². The maximum absolute atomic E-state index is 5.65. The number of nitrogens with two attached hydrogens (primary N) is 1. The number of hydrogen-bond acceptors (Lipinski definition) is 4. The third kappa shape index (κ3) is 3.45. The molecule has 0 aliphatic carbocycles. The van der Waals surface area contributed by atoms with Gasteiger partial charge in [0.05, 0.1) is 13.3 Å². The number of hydrogen-bond donors (Lipinski definition) is 1. The van der Waals surface area contributed by atoms with Crippen molar-refractivity contribution in [2.75, 3.05) is 19.1 Å². The molecule has 1 aromatic carbocycles. The molecule has 4 nitrogen and oxygen atoms in total. The van der Waals surface area contributed by atoms with Gasteiger partial charge in [0, 0.05) is 20.1 Å². The molecule has 0 spiro atoms. The predicted molar refractivity (Wildman–Crippen MR) is 77.2 cm³/mol. The minimum Gasteiger partial charge on any atom is -0.495 e. The second-order valence-corrected chi connectivity index (χ2v) is 4.44. The standard InChI is InChI=1S/C15H19N3O/c1-18(15-7-6-14(19-2)10-17-15)11-13-5-3-4-12(8-13)9-16/h3-8,10H,9,11,16H2,1-2H3. The highest BCUT2D eigenvalue weighted by atomic mass is 16.5. The van der Waals surface area contributed by atoms with Gasteiger partial charge in [0.25, 0.3) is 0 Å². The Morgan fingerprint density at radius 2 is 2.00 bits per heavy atom. The van der Waals surface area contributed by atoms with E-state index in [1.807, 2.05) is 31.3 Å². The highest BCUT2D eigenvalue weighted by Gasteiger charge is 2.04. The molecule has 0 aliphatic heterocycles. The van der Waals surface area contributed by atoms with Crippen molar-refractivity contribution in [3.8, 4) is 5.75 Å². The minimum atomic E-state index is 0.568. The van der Waals surface area contributed by atoms with Crippen molar-refractivity contribution in [3.05, 3.63) is 53.7 Å². The first-order valence-electron chi connectivity index (χ1n) is 6.22. The zero-order valence-electron chi connectivity index (χ0n) is 11.3. The molecule has 0 amide bonds. The molecule has 4 heteroatoms. The van der Waals surface area contributed by atoms with Crippen LogP contribution in [-0.2, 0) is 13.1 Å². The average Bonchev–Trinajstić information content (AvgIpc) is 2.47. The van der Waals surface area contributed by atoms with Crippen molar-refractivity contribution >= 4 is 5.82 Å². The Kier molecular flexibility index (Phi) is 4.36. The lowest BCUT2D eigenvalue weighted by Crippen LogP contribution is -2.17. The van der Waals surface area contributed by atoms with Gasteiger partial charge in [0.2, 0.25) is 0 Å². The normalized spacial score (nSPS) is 10.3. The molecular weight excluding hydrogens is 238 g/mol. The third-order valence-electron chi connectivity index (χ3n) is 2.99. The second-order valence-electron chi connectivity index (χ2n) is 4.44. The maximum atomic E-state index is 5.65. The van der Waals surface area contributed by atoms with Crippen LogP contribution in [0.5, 0.6) is 5.75 Å². The molecule has 0 fully saturated rings. The van der Waals surface area contributed by atoms with E-state index in [0.29, 0.717) is 6.54 Å². The van der Waals surface area contributed by atoms with Gasteiger partial charge in [-0.2, -0.15) is 0 Å². The summed E-state index contributed by atoms with van der Waals surface area (Å²) >= 11 is 0. The van der Waals surface area contributed by atoms with Gasteiger partial charge in [-0.15, -0.1) is 0 Å². The maximum Gasteiger partial charge on any atom is 0.137 e. The van der Waals surface area contributed by atoms with Crippen LogP contribution in [0.4, 0.5) is 5.82 Å². The van der Waals surface area contributed by atoms with Crippen LogP contribution < -0.4 is 15.4 Å². The number of anilines is 1. The Balaban J connectivity index is 2.08. The number of aromatic nitrogens is 1. The smallest absolute Gasteiger partial charge is 0.137 e. The Morgan fingerprint density at radius 3 is 2.63 bits per heavy atom. The molecule has 0 saturated carbocycles. The summed E-state index contributed by atoms with van der Waals surface area (Å²) in [6.45, 7) is 1.37. The van der Waals surface area contributed by atoms with Crippen LogP contribution in [0.15, 0.2) is 42.6 Å². The van der Waals surface area contributed by atoms with Crippen molar-refractivity contribution < 1.29 is 4.74 Å². The predicted octanol–water partition coefficient (Wildman–Crippen LogP) is 2.19. The summed E-state index contributed by atoms with van der Waals surface area (Å²) in [5.74, 6) is 1.68. The van der Waals surface area contributed by atoms with E-state index in [9.17, 15) is 0 Å². The van der Waals surface area contributed by atoms with E-state index >= 15 is 0 Å². The van der Waals surface area contributed by atoms with Crippen molar-refractivity contribution in [3.63, 3.8) is 0 Å². The summed E-state index contributed by atoms with van der Waals surface area (Å²) in [5.41, 5.74) is 8.02. The molecule has 1 heterocycles. The molecular formula is C15H19N3O. The van der Waals surface area contributed by atoms with Crippen LogP contribution in [0, 0.1) is 0 Å². The quantitative estimate of drug-likeness (QED) is 0.892. The molecule has 2 N–H and O–H groups in total. The lowest BCUT2D eigenvalue weighted by Gasteiger charge is -2.18. The molecule has 1 aromatic heterocycles. The van der Waals surface area contributed by atoms with Crippen LogP contribution in [0.2, 0.25) is 0 Å². The summed E-state index contributed by atoms with van der Waals surface area (Å²) in [6, 6.07) is 12.2. The van der Waals surface area contributed by atoms with Crippen LogP contribution in [0.25, 0.3) is 0 Å². The lowest BCUT2D eigenvalue weighted by atomic mass is 10.1. The number of rotatable bonds is 5. The van der Waals surface area contributed by atoms with Crippen molar-refractivity contribution in [2.45, 2.75) is 13.1 Å². The largest absolute Gasteiger partial charge is 0.495 e. The van der Waals surface area contributed by atoms with Gasteiger partial charge < -0.3 is 15.4 Å². The molecule has 0 unspecified atom stereocenters. The van der Waals surface area contributed by atoms with Crippen molar-refractivity contribution in [1.82, 2.24) is 4.98 Å². The molecule has 0 bridgehead atoms. The fourth-order valence-corrected chi connectivity index (χ4v) is 1.93.